The molecule has 0 aliphatic heterocycles. The van der Waals surface area contributed by atoms with Crippen LogP contribution < -0.4 is 0 Å². The van der Waals surface area contributed by atoms with Crippen LogP contribution in [0, 0.1) is 5.92 Å². The summed E-state index contributed by atoms with van der Waals surface area (Å²) in [7, 11) is 0. The molecular formula is C12H17ClN2O. The maximum absolute atomic E-state index is 11.6. The summed E-state index contributed by atoms with van der Waals surface area (Å²) in [5.41, 5.74) is 1.01. The van der Waals surface area contributed by atoms with Gasteiger partial charge in [0.05, 0.1) is 16.9 Å². The number of Topliss-reactive ketones (excluding diaryl/α,β-unsaturated/α-hetero) is 1. The number of hydrogen-bond donors (Lipinski definition) is 0. The van der Waals surface area contributed by atoms with E-state index in [1.165, 1.54) is 0 Å². The van der Waals surface area contributed by atoms with Crippen LogP contribution in [-0.2, 0) is 17.8 Å². The minimum atomic E-state index is 0.348. The fraction of sp³-hybridized carbons (Fsp3) is 0.667. The predicted octanol–water partition coefficient (Wildman–Crippen LogP) is 2.86. The molecule has 0 bridgehead atoms. The van der Waals surface area contributed by atoms with Gasteiger partial charge in [0.15, 0.2) is 0 Å². The standard InChI is InChI=1S/C12H17ClN2O/c1-2-7-15-11(10(13)8-14-15)5-6-12(16)9-3-4-9/h8-9H,2-7H2,1H3. The number of rotatable bonds is 6. The summed E-state index contributed by atoms with van der Waals surface area (Å²) < 4.78 is 1.92. The number of hydrogen-bond acceptors (Lipinski definition) is 2. The molecule has 2 rings (SSSR count). The molecule has 16 heavy (non-hydrogen) atoms. The molecule has 1 heterocycles. The lowest BCUT2D eigenvalue weighted by molar-refractivity contribution is -0.120. The summed E-state index contributed by atoms with van der Waals surface area (Å²) in [6, 6.07) is 0. The van der Waals surface area contributed by atoms with E-state index in [0.717, 1.165) is 37.9 Å². The Hall–Kier alpha value is -0.830. The second-order valence-electron chi connectivity index (χ2n) is 4.40. The SMILES string of the molecule is CCCn1ncc(Cl)c1CCC(=O)C1CC1. The van der Waals surface area contributed by atoms with Crippen molar-refractivity contribution in [1.29, 1.82) is 0 Å². The summed E-state index contributed by atoms with van der Waals surface area (Å²) in [4.78, 5) is 11.6. The van der Waals surface area contributed by atoms with Crippen molar-refractivity contribution in [2.24, 2.45) is 5.92 Å². The smallest absolute Gasteiger partial charge is 0.136 e. The van der Waals surface area contributed by atoms with Gasteiger partial charge in [-0.05, 0) is 25.7 Å². The number of aryl methyl sites for hydroxylation is 1. The molecule has 0 saturated heterocycles. The van der Waals surface area contributed by atoms with Crippen LogP contribution in [-0.4, -0.2) is 15.6 Å². The first-order chi connectivity index (χ1) is 7.72. The fourth-order valence-electron chi connectivity index (χ4n) is 1.89. The largest absolute Gasteiger partial charge is 0.299 e. The van der Waals surface area contributed by atoms with Crippen molar-refractivity contribution < 1.29 is 4.79 Å². The third kappa shape index (κ3) is 2.64. The monoisotopic (exact) mass is 240 g/mol. The molecular weight excluding hydrogens is 224 g/mol. The Bertz CT molecular complexity index is 382. The zero-order valence-corrected chi connectivity index (χ0v) is 10.3. The molecule has 0 unspecified atom stereocenters. The van der Waals surface area contributed by atoms with Gasteiger partial charge in [-0.2, -0.15) is 5.10 Å². The molecule has 0 spiro atoms. The maximum atomic E-state index is 11.6. The number of carbonyl (C=O) groups is 1. The minimum absolute atomic E-state index is 0.348. The number of nitrogens with zero attached hydrogens (tertiary/aromatic N) is 2. The Morgan fingerprint density at radius 2 is 2.38 bits per heavy atom. The Morgan fingerprint density at radius 1 is 1.62 bits per heavy atom. The van der Waals surface area contributed by atoms with E-state index < -0.39 is 0 Å². The lowest BCUT2D eigenvalue weighted by Gasteiger charge is -2.06. The van der Waals surface area contributed by atoms with Crippen LogP contribution in [0.4, 0.5) is 0 Å². The summed E-state index contributed by atoms with van der Waals surface area (Å²) >= 11 is 6.06. The maximum Gasteiger partial charge on any atom is 0.136 e. The van der Waals surface area contributed by atoms with Crippen LogP contribution >= 0.6 is 11.6 Å². The Kier molecular flexibility index (Phi) is 3.64. The Balaban J connectivity index is 1.96. The molecule has 0 radical (unpaired) electrons. The van der Waals surface area contributed by atoms with Crippen LogP contribution in [0.15, 0.2) is 6.20 Å². The van der Waals surface area contributed by atoms with Gasteiger partial charge in [-0.25, -0.2) is 0 Å². The molecule has 4 heteroatoms. The topological polar surface area (TPSA) is 34.9 Å². The third-order valence-electron chi connectivity index (χ3n) is 2.97. The van der Waals surface area contributed by atoms with Crippen LogP contribution in [0.3, 0.4) is 0 Å². The molecule has 1 aliphatic rings. The van der Waals surface area contributed by atoms with Gasteiger partial charge >= 0.3 is 0 Å². The van der Waals surface area contributed by atoms with Gasteiger partial charge < -0.3 is 0 Å². The number of ketones is 1. The highest BCUT2D eigenvalue weighted by Gasteiger charge is 2.29. The van der Waals surface area contributed by atoms with E-state index in [-0.39, 0.29) is 0 Å². The molecule has 88 valence electrons. The van der Waals surface area contributed by atoms with Gasteiger partial charge in [-0.1, -0.05) is 18.5 Å². The summed E-state index contributed by atoms with van der Waals surface area (Å²) in [6.45, 7) is 2.98. The van der Waals surface area contributed by atoms with Gasteiger partial charge in [0.2, 0.25) is 0 Å². The summed E-state index contributed by atoms with van der Waals surface area (Å²) in [5.74, 6) is 0.738. The zero-order chi connectivity index (χ0) is 11.5. The minimum Gasteiger partial charge on any atom is -0.299 e. The van der Waals surface area contributed by atoms with Gasteiger partial charge in [0.25, 0.3) is 0 Å². The number of halogens is 1. The average molecular weight is 241 g/mol. The molecule has 1 aromatic rings. The van der Waals surface area contributed by atoms with Crippen molar-refractivity contribution in [2.75, 3.05) is 0 Å². The van der Waals surface area contributed by atoms with Crippen LogP contribution in [0.5, 0.6) is 0 Å². The first kappa shape index (κ1) is 11.6. The van der Waals surface area contributed by atoms with Gasteiger partial charge in [-0.15, -0.1) is 0 Å². The van der Waals surface area contributed by atoms with Crippen LogP contribution in [0.25, 0.3) is 0 Å². The zero-order valence-electron chi connectivity index (χ0n) is 9.58. The lowest BCUT2D eigenvalue weighted by Crippen LogP contribution is -2.08. The van der Waals surface area contributed by atoms with E-state index in [4.69, 9.17) is 11.6 Å². The highest BCUT2D eigenvalue weighted by atomic mass is 35.5. The molecule has 3 nitrogen and oxygen atoms in total. The molecule has 1 fully saturated rings. The fourth-order valence-corrected chi connectivity index (χ4v) is 2.13. The van der Waals surface area contributed by atoms with Crippen molar-refractivity contribution >= 4 is 17.4 Å². The summed E-state index contributed by atoms with van der Waals surface area (Å²) in [6.07, 6.45) is 6.21. The van der Waals surface area contributed by atoms with Crippen molar-refractivity contribution in [3.8, 4) is 0 Å². The van der Waals surface area contributed by atoms with Crippen LogP contribution in [0.1, 0.15) is 38.3 Å². The van der Waals surface area contributed by atoms with Crippen molar-refractivity contribution in [1.82, 2.24) is 9.78 Å². The second kappa shape index (κ2) is 5.00. The third-order valence-corrected chi connectivity index (χ3v) is 3.29. The molecule has 1 aromatic heterocycles. The summed E-state index contributed by atoms with van der Waals surface area (Å²) in [5, 5.41) is 4.91. The normalized spacial score (nSPS) is 15.4. The first-order valence-corrected chi connectivity index (χ1v) is 6.33. The van der Waals surface area contributed by atoms with E-state index in [2.05, 4.69) is 12.0 Å². The molecule has 0 N–H and O–H groups in total. The quantitative estimate of drug-likeness (QED) is 0.767. The molecule has 0 atom stereocenters. The molecule has 1 aliphatic carbocycles. The van der Waals surface area contributed by atoms with E-state index >= 15 is 0 Å². The number of carbonyl (C=O) groups excluding carboxylic acids is 1. The average Bonchev–Trinajstić information content (AvgIpc) is 3.04. The molecule has 1 saturated carbocycles. The van der Waals surface area contributed by atoms with Crippen molar-refractivity contribution in [3.05, 3.63) is 16.9 Å². The highest BCUT2D eigenvalue weighted by molar-refractivity contribution is 6.31. The van der Waals surface area contributed by atoms with Gasteiger partial charge in [0.1, 0.15) is 5.78 Å². The van der Waals surface area contributed by atoms with Crippen molar-refractivity contribution in [2.45, 2.75) is 45.6 Å². The second-order valence-corrected chi connectivity index (χ2v) is 4.81. The Morgan fingerprint density at radius 3 is 3.00 bits per heavy atom. The predicted molar refractivity (Wildman–Crippen MR) is 63.6 cm³/mol. The van der Waals surface area contributed by atoms with Gasteiger partial charge in [0, 0.05) is 18.9 Å². The number of aromatic nitrogens is 2. The molecule has 0 aromatic carbocycles. The Labute approximate surface area is 101 Å². The van der Waals surface area contributed by atoms with Gasteiger partial charge in [-0.3, -0.25) is 9.48 Å². The van der Waals surface area contributed by atoms with Crippen molar-refractivity contribution in [3.63, 3.8) is 0 Å². The van der Waals surface area contributed by atoms with E-state index in [1.54, 1.807) is 6.20 Å². The van der Waals surface area contributed by atoms with E-state index in [1.807, 2.05) is 4.68 Å². The van der Waals surface area contributed by atoms with E-state index in [0.29, 0.717) is 23.1 Å². The lowest BCUT2D eigenvalue weighted by atomic mass is 10.1. The van der Waals surface area contributed by atoms with E-state index in [9.17, 15) is 4.79 Å². The molecule has 0 amide bonds. The van der Waals surface area contributed by atoms with Crippen LogP contribution in [0.2, 0.25) is 5.02 Å². The first-order valence-electron chi connectivity index (χ1n) is 5.95. The highest BCUT2D eigenvalue weighted by Crippen LogP contribution is 2.31.